The van der Waals surface area contributed by atoms with Gasteiger partial charge in [-0.05, 0) is 12.1 Å². The highest BCUT2D eigenvalue weighted by Gasteiger charge is 2.22. The zero-order valence-corrected chi connectivity index (χ0v) is 7.49. The van der Waals surface area contributed by atoms with Gasteiger partial charge in [-0.25, -0.2) is 4.39 Å². The summed E-state index contributed by atoms with van der Waals surface area (Å²) in [6, 6.07) is 2.66. The Balaban J connectivity index is 2.67. The first-order valence-electron chi connectivity index (χ1n) is 3.95. The van der Waals surface area contributed by atoms with E-state index in [-0.39, 0.29) is 11.3 Å². The summed E-state index contributed by atoms with van der Waals surface area (Å²) in [5.41, 5.74) is 0.525. The molecule has 1 aromatic rings. The lowest BCUT2D eigenvalue weighted by Gasteiger charge is -2.18. The number of carbonyl (C=O) groups excluding carboxylic acids is 1. The van der Waals surface area contributed by atoms with Crippen molar-refractivity contribution in [2.75, 3.05) is 11.9 Å². The van der Waals surface area contributed by atoms with Gasteiger partial charge in [-0.2, -0.15) is 0 Å². The molecule has 4 heteroatoms. The minimum atomic E-state index is -0.503. The number of ketones is 1. The molecule has 0 aliphatic carbocycles. The van der Waals surface area contributed by atoms with Crippen LogP contribution in [-0.2, 0) is 0 Å². The molecule has 68 valence electrons. The molecule has 0 saturated carbocycles. The van der Waals surface area contributed by atoms with E-state index in [0.29, 0.717) is 23.7 Å². The second-order valence-electron chi connectivity index (χ2n) is 2.88. The highest BCUT2D eigenvalue weighted by atomic mass is 35.5. The van der Waals surface area contributed by atoms with Gasteiger partial charge in [0.2, 0.25) is 0 Å². The minimum absolute atomic E-state index is 0.0961. The number of hydrogen-bond acceptors (Lipinski definition) is 2. The van der Waals surface area contributed by atoms with Gasteiger partial charge < -0.3 is 5.32 Å². The Kier molecular flexibility index (Phi) is 1.96. The largest absolute Gasteiger partial charge is 0.383 e. The summed E-state index contributed by atoms with van der Waals surface area (Å²) < 4.78 is 13.2. The van der Waals surface area contributed by atoms with Crippen molar-refractivity contribution in [3.05, 3.63) is 28.5 Å². The molecule has 0 saturated heterocycles. The molecule has 0 atom stereocenters. The third-order valence-electron chi connectivity index (χ3n) is 2.04. The summed E-state index contributed by atoms with van der Waals surface area (Å²) in [7, 11) is 0. The quantitative estimate of drug-likeness (QED) is 0.696. The van der Waals surface area contributed by atoms with Crippen LogP contribution in [0, 0.1) is 5.82 Å². The van der Waals surface area contributed by atoms with Gasteiger partial charge >= 0.3 is 0 Å². The van der Waals surface area contributed by atoms with Crippen molar-refractivity contribution >= 4 is 23.1 Å². The maximum atomic E-state index is 13.2. The van der Waals surface area contributed by atoms with Gasteiger partial charge in [0.25, 0.3) is 0 Å². The molecule has 0 spiro atoms. The van der Waals surface area contributed by atoms with Gasteiger partial charge in [-0.1, -0.05) is 11.6 Å². The Morgan fingerprint density at radius 1 is 1.46 bits per heavy atom. The fraction of sp³-hybridized carbons (Fsp3) is 0.222. The molecule has 1 aliphatic heterocycles. The summed E-state index contributed by atoms with van der Waals surface area (Å²) in [5, 5.41) is 3.30. The fourth-order valence-corrected chi connectivity index (χ4v) is 1.65. The molecular weight excluding hydrogens is 193 g/mol. The van der Waals surface area contributed by atoms with E-state index in [1.807, 2.05) is 0 Å². The van der Waals surface area contributed by atoms with E-state index in [1.165, 1.54) is 12.1 Å². The molecule has 0 fully saturated rings. The average Bonchev–Trinajstić information content (AvgIpc) is 2.12. The monoisotopic (exact) mass is 199 g/mol. The van der Waals surface area contributed by atoms with Crippen LogP contribution in [0.4, 0.5) is 10.1 Å². The van der Waals surface area contributed by atoms with Crippen molar-refractivity contribution in [1.82, 2.24) is 0 Å². The predicted molar refractivity (Wildman–Crippen MR) is 48.8 cm³/mol. The fourth-order valence-electron chi connectivity index (χ4n) is 1.42. The van der Waals surface area contributed by atoms with Crippen molar-refractivity contribution < 1.29 is 9.18 Å². The average molecular weight is 200 g/mol. The Morgan fingerprint density at radius 3 is 2.92 bits per heavy atom. The van der Waals surface area contributed by atoms with Gasteiger partial charge in [0.1, 0.15) is 5.82 Å². The molecule has 0 amide bonds. The van der Waals surface area contributed by atoms with Gasteiger partial charge in [0, 0.05) is 13.0 Å². The number of hydrogen-bond donors (Lipinski definition) is 1. The van der Waals surface area contributed by atoms with E-state index in [1.54, 1.807) is 0 Å². The van der Waals surface area contributed by atoms with Crippen LogP contribution in [0.15, 0.2) is 12.1 Å². The molecule has 0 radical (unpaired) electrons. The molecule has 2 rings (SSSR count). The van der Waals surface area contributed by atoms with Gasteiger partial charge in [-0.15, -0.1) is 0 Å². The van der Waals surface area contributed by atoms with Gasteiger partial charge in [-0.3, -0.25) is 4.79 Å². The zero-order chi connectivity index (χ0) is 9.42. The number of rotatable bonds is 0. The molecule has 1 N–H and O–H groups in total. The molecule has 1 heterocycles. The second kappa shape index (κ2) is 3.00. The smallest absolute Gasteiger partial charge is 0.169 e. The molecular formula is C9H7ClFNO. The van der Waals surface area contributed by atoms with Crippen LogP contribution >= 0.6 is 11.6 Å². The Labute approximate surface area is 79.7 Å². The number of carbonyl (C=O) groups is 1. The number of anilines is 1. The van der Waals surface area contributed by atoms with Crippen LogP contribution < -0.4 is 5.32 Å². The Bertz CT molecular complexity index is 378. The normalized spacial score (nSPS) is 15.1. The van der Waals surface area contributed by atoms with E-state index < -0.39 is 5.82 Å². The maximum absolute atomic E-state index is 13.2. The van der Waals surface area contributed by atoms with Crippen molar-refractivity contribution in [2.24, 2.45) is 0 Å². The van der Waals surface area contributed by atoms with E-state index in [4.69, 9.17) is 11.6 Å². The van der Waals surface area contributed by atoms with Crippen molar-refractivity contribution in [2.45, 2.75) is 6.42 Å². The Morgan fingerprint density at radius 2 is 2.23 bits per heavy atom. The van der Waals surface area contributed by atoms with E-state index in [2.05, 4.69) is 5.32 Å². The predicted octanol–water partition coefficient (Wildman–Crippen LogP) is 2.48. The molecule has 0 aromatic heterocycles. The lowest BCUT2D eigenvalue weighted by Crippen LogP contribution is -2.19. The molecule has 0 unspecified atom stereocenters. The van der Waals surface area contributed by atoms with Crippen molar-refractivity contribution in [3.63, 3.8) is 0 Å². The number of Topliss-reactive ketones (excluding diaryl/α,β-unsaturated/α-hetero) is 1. The van der Waals surface area contributed by atoms with Gasteiger partial charge in [0.15, 0.2) is 5.78 Å². The van der Waals surface area contributed by atoms with Crippen LogP contribution in [0.25, 0.3) is 0 Å². The SMILES string of the molecule is O=C1CCNc2c(Cl)ccc(F)c21. The third kappa shape index (κ3) is 1.29. The highest BCUT2D eigenvalue weighted by Crippen LogP contribution is 2.31. The standard InChI is InChI=1S/C9H7ClFNO/c10-5-1-2-6(11)8-7(13)3-4-12-9(5)8/h1-2,12H,3-4H2. The van der Waals surface area contributed by atoms with Crippen LogP contribution in [0.2, 0.25) is 5.02 Å². The third-order valence-corrected chi connectivity index (χ3v) is 2.35. The molecule has 1 aliphatic rings. The van der Waals surface area contributed by atoms with Crippen LogP contribution in [0.5, 0.6) is 0 Å². The van der Waals surface area contributed by atoms with E-state index >= 15 is 0 Å². The number of nitrogens with one attached hydrogen (secondary N) is 1. The summed E-state index contributed by atoms with van der Waals surface area (Å²) in [6.07, 6.45) is 0.324. The van der Waals surface area contributed by atoms with E-state index in [0.717, 1.165) is 0 Å². The summed E-state index contributed by atoms with van der Waals surface area (Å²) >= 11 is 5.80. The van der Waals surface area contributed by atoms with Crippen LogP contribution in [0.3, 0.4) is 0 Å². The number of halogens is 2. The zero-order valence-electron chi connectivity index (χ0n) is 6.73. The number of fused-ring (bicyclic) bond motifs is 1. The summed E-state index contributed by atoms with van der Waals surface area (Å²) in [5.74, 6) is -0.689. The number of benzene rings is 1. The van der Waals surface area contributed by atoms with Crippen LogP contribution in [0.1, 0.15) is 16.8 Å². The van der Waals surface area contributed by atoms with Crippen LogP contribution in [-0.4, -0.2) is 12.3 Å². The molecule has 2 nitrogen and oxygen atoms in total. The summed E-state index contributed by atoms with van der Waals surface area (Å²) in [6.45, 7) is 0.523. The molecule has 0 bridgehead atoms. The molecule has 1 aromatic carbocycles. The lowest BCUT2D eigenvalue weighted by atomic mass is 10.0. The van der Waals surface area contributed by atoms with Crippen molar-refractivity contribution in [3.8, 4) is 0 Å². The first-order chi connectivity index (χ1) is 6.20. The second-order valence-corrected chi connectivity index (χ2v) is 3.29. The van der Waals surface area contributed by atoms with E-state index in [9.17, 15) is 9.18 Å². The lowest BCUT2D eigenvalue weighted by molar-refractivity contribution is 0.0980. The minimum Gasteiger partial charge on any atom is -0.383 e. The molecule has 13 heavy (non-hydrogen) atoms. The maximum Gasteiger partial charge on any atom is 0.169 e. The highest BCUT2D eigenvalue weighted by molar-refractivity contribution is 6.34. The van der Waals surface area contributed by atoms with Gasteiger partial charge in [0.05, 0.1) is 16.3 Å². The Hall–Kier alpha value is -1.09. The first-order valence-corrected chi connectivity index (χ1v) is 4.33. The topological polar surface area (TPSA) is 29.1 Å². The first kappa shape index (κ1) is 8.51. The van der Waals surface area contributed by atoms with Crippen molar-refractivity contribution in [1.29, 1.82) is 0 Å². The summed E-state index contributed by atoms with van der Waals surface area (Å²) in [4.78, 5) is 11.3.